The highest BCUT2D eigenvalue weighted by Crippen LogP contribution is 2.59. The Labute approximate surface area is 137 Å². The second kappa shape index (κ2) is 5.56. The minimum atomic E-state index is -0.134. The van der Waals surface area contributed by atoms with Crippen LogP contribution in [0.2, 0.25) is 0 Å². The lowest BCUT2D eigenvalue weighted by Gasteiger charge is -2.56. The molecule has 0 atom stereocenters. The predicted molar refractivity (Wildman–Crippen MR) is 88.8 cm³/mol. The Morgan fingerprint density at radius 3 is 2.17 bits per heavy atom. The number of nitrogens with one attached hydrogen (secondary N) is 2. The summed E-state index contributed by atoms with van der Waals surface area (Å²) in [6, 6.07) is 8.91. The predicted octanol–water partition coefficient (Wildman–Crippen LogP) is 3.90. The van der Waals surface area contributed by atoms with E-state index in [1.807, 2.05) is 0 Å². The molecule has 0 spiro atoms. The van der Waals surface area contributed by atoms with Crippen molar-refractivity contribution in [1.29, 1.82) is 5.26 Å². The number of nitriles is 1. The number of carbonyl (C=O) groups is 1. The molecule has 0 aromatic heterocycles. The van der Waals surface area contributed by atoms with Crippen LogP contribution in [0.4, 0.5) is 10.5 Å². The van der Waals surface area contributed by atoms with Crippen LogP contribution in [0.25, 0.3) is 0 Å². The molecule has 4 aliphatic rings. The topological polar surface area (TPSA) is 64.9 Å². The maximum absolute atomic E-state index is 12.2. The second-order valence-electron chi connectivity index (χ2n) is 7.91. The van der Waals surface area contributed by atoms with E-state index in [1.165, 1.54) is 38.5 Å². The van der Waals surface area contributed by atoms with E-state index in [4.69, 9.17) is 5.26 Å². The fourth-order valence-electron chi connectivity index (χ4n) is 5.58. The van der Waals surface area contributed by atoms with Gasteiger partial charge in [-0.1, -0.05) is 0 Å². The first-order chi connectivity index (χ1) is 11.1. The highest BCUT2D eigenvalue weighted by molar-refractivity contribution is 5.89. The van der Waals surface area contributed by atoms with E-state index in [2.05, 4.69) is 16.7 Å². The molecule has 1 aromatic rings. The molecule has 0 saturated heterocycles. The number of amides is 2. The van der Waals surface area contributed by atoms with Gasteiger partial charge in [0.15, 0.2) is 0 Å². The van der Waals surface area contributed by atoms with Gasteiger partial charge in [0.2, 0.25) is 0 Å². The monoisotopic (exact) mass is 309 g/mol. The maximum atomic E-state index is 12.2. The molecule has 0 aliphatic heterocycles. The van der Waals surface area contributed by atoms with E-state index < -0.39 is 0 Å². The van der Waals surface area contributed by atoms with Crippen molar-refractivity contribution in [2.45, 2.75) is 38.5 Å². The molecule has 2 N–H and O–H groups in total. The smallest absolute Gasteiger partial charge is 0.319 e. The highest BCUT2D eigenvalue weighted by atomic mass is 16.2. The third-order valence-electron chi connectivity index (χ3n) is 6.06. The van der Waals surface area contributed by atoms with Crippen molar-refractivity contribution in [1.82, 2.24) is 5.32 Å². The molecule has 4 nitrogen and oxygen atoms in total. The molecule has 2 amide bonds. The Kier molecular flexibility index (Phi) is 3.52. The zero-order valence-electron chi connectivity index (χ0n) is 13.3. The third kappa shape index (κ3) is 2.93. The van der Waals surface area contributed by atoms with Gasteiger partial charge < -0.3 is 10.6 Å². The van der Waals surface area contributed by atoms with Crippen molar-refractivity contribution in [2.24, 2.45) is 23.2 Å². The Bertz CT molecular complexity index is 608. The maximum Gasteiger partial charge on any atom is 0.319 e. The van der Waals surface area contributed by atoms with Crippen LogP contribution in [0.1, 0.15) is 44.1 Å². The standard InChI is InChI=1S/C19H23N3O/c20-11-13-1-3-17(4-2-13)22-18(23)21-12-19-8-14-5-15(9-19)7-16(6-14)10-19/h1-4,14-16H,5-10,12H2,(H2,21,22,23). The molecule has 0 heterocycles. The van der Waals surface area contributed by atoms with Crippen LogP contribution in [0.5, 0.6) is 0 Å². The number of nitrogens with zero attached hydrogens (tertiary/aromatic N) is 1. The molecule has 4 heteroatoms. The first-order valence-corrected chi connectivity index (χ1v) is 8.69. The Hall–Kier alpha value is -2.02. The zero-order chi connectivity index (χ0) is 15.9. The molecule has 23 heavy (non-hydrogen) atoms. The third-order valence-corrected chi connectivity index (χ3v) is 6.06. The van der Waals surface area contributed by atoms with Crippen molar-refractivity contribution in [3.8, 4) is 6.07 Å². The lowest BCUT2D eigenvalue weighted by Crippen LogP contribution is -2.51. The molecule has 4 bridgehead atoms. The van der Waals surface area contributed by atoms with E-state index in [0.717, 1.165) is 30.0 Å². The minimum absolute atomic E-state index is 0.134. The molecular weight excluding hydrogens is 286 g/mol. The minimum Gasteiger partial charge on any atom is -0.337 e. The van der Waals surface area contributed by atoms with Crippen LogP contribution >= 0.6 is 0 Å². The second-order valence-corrected chi connectivity index (χ2v) is 7.91. The SMILES string of the molecule is N#Cc1ccc(NC(=O)NCC23CC4CC(CC(C4)C2)C3)cc1. The van der Waals surface area contributed by atoms with Gasteiger partial charge in [-0.2, -0.15) is 5.26 Å². The molecular formula is C19H23N3O. The number of urea groups is 1. The summed E-state index contributed by atoms with van der Waals surface area (Å²) in [5, 5.41) is 14.8. The van der Waals surface area contributed by atoms with Crippen molar-refractivity contribution in [3.05, 3.63) is 29.8 Å². The molecule has 5 rings (SSSR count). The fraction of sp³-hybridized carbons (Fsp3) is 0.579. The van der Waals surface area contributed by atoms with Gasteiger partial charge in [-0.05, 0) is 86.0 Å². The molecule has 0 radical (unpaired) electrons. The number of anilines is 1. The first-order valence-electron chi connectivity index (χ1n) is 8.69. The van der Waals surface area contributed by atoms with Crippen molar-refractivity contribution in [2.75, 3.05) is 11.9 Å². The van der Waals surface area contributed by atoms with Crippen molar-refractivity contribution < 1.29 is 4.79 Å². The van der Waals surface area contributed by atoms with Gasteiger partial charge in [0.05, 0.1) is 11.6 Å². The number of hydrogen-bond donors (Lipinski definition) is 2. The van der Waals surface area contributed by atoms with E-state index in [-0.39, 0.29) is 6.03 Å². The van der Waals surface area contributed by atoms with Gasteiger partial charge in [-0.15, -0.1) is 0 Å². The van der Waals surface area contributed by atoms with Crippen LogP contribution in [-0.4, -0.2) is 12.6 Å². The molecule has 4 aliphatic carbocycles. The Balaban J connectivity index is 1.34. The van der Waals surface area contributed by atoms with Gasteiger partial charge in [-0.25, -0.2) is 4.79 Å². The van der Waals surface area contributed by atoms with Crippen molar-refractivity contribution in [3.63, 3.8) is 0 Å². The molecule has 4 fully saturated rings. The number of rotatable bonds is 3. The van der Waals surface area contributed by atoms with Gasteiger partial charge in [0.25, 0.3) is 0 Å². The summed E-state index contributed by atoms with van der Waals surface area (Å²) < 4.78 is 0. The zero-order valence-corrected chi connectivity index (χ0v) is 13.3. The van der Waals surface area contributed by atoms with Crippen molar-refractivity contribution >= 4 is 11.7 Å². The number of carbonyl (C=O) groups excluding carboxylic acids is 1. The van der Waals surface area contributed by atoms with E-state index in [0.29, 0.717) is 11.0 Å². The average molecular weight is 309 g/mol. The summed E-state index contributed by atoms with van der Waals surface area (Å²) in [6.45, 7) is 0.804. The Morgan fingerprint density at radius 1 is 1.09 bits per heavy atom. The Morgan fingerprint density at radius 2 is 1.65 bits per heavy atom. The lowest BCUT2D eigenvalue weighted by molar-refractivity contribution is -0.0496. The normalized spacial score (nSPS) is 34.0. The lowest BCUT2D eigenvalue weighted by atomic mass is 9.49. The molecule has 1 aromatic carbocycles. The number of benzene rings is 1. The summed E-state index contributed by atoms with van der Waals surface area (Å²) in [6.07, 6.45) is 8.19. The van der Waals surface area contributed by atoms with Crippen LogP contribution in [0.15, 0.2) is 24.3 Å². The van der Waals surface area contributed by atoms with Crippen LogP contribution in [0.3, 0.4) is 0 Å². The van der Waals surface area contributed by atoms with Crippen LogP contribution in [0, 0.1) is 34.5 Å². The summed E-state index contributed by atoms with van der Waals surface area (Å²) in [5.74, 6) is 2.72. The van der Waals surface area contributed by atoms with Gasteiger partial charge in [0, 0.05) is 12.2 Å². The summed E-state index contributed by atoms with van der Waals surface area (Å²) >= 11 is 0. The van der Waals surface area contributed by atoms with E-state index in [9.17, 15) is 4.79 Å². The van der Waals surface area contributed by atoms with Gasteiger partial charge in [0.1, 0.15) is 0 Å². The van der Waals surface area contributed by atoms with Gasteiger partial charge in [-0.3, -0.25) is 0 Å². The van der Waals surface area contributed by atoms with Gasteiger partial charge >= 0.3 is 6.03 Å². The summed E-state index contributed by atoms with van der Waals surface area (Å²) in [7, 11) is 0. The largest absolute Gasteiger partial charge is 0.337 e. The van der Waals surface area contributed by atoms with E-state index >= 15 is 0 Å². The summed E-state index contributed by atoms with van der Waals surface area (Å²) in [5.41, 5.74) is 1.69. The van der Waals surface area contributed by atoms with Crippen LogP contribution in [-0.2, 0) is 0 Å². The average Bonchev–Trinajstić information content (AvgIpc) is 2.53. The first kappa shape index (κ1) is 14.6. The quantitative estimate of drug-likeness (QED) is 0.889. The van der Waals surface area contributed by atoms with E-state index in [1.54, 1.807) is 24.3 Å². The summed E-state index contributed by atoms with van der Waals surface area (Å²) in [4.78, 5) is 12.2. The molecule has 0 unspecified atom stereocenters. The van der Waals surface area contributed by atoms with Crippen LogP contribution < -0.4 is 10.6 Å². The molecule has 120 valence electrons. The number of hydrogen-bond acceptors (Lipinski definition) is 2. The highest BCUT2D eigenvalue weighted by Gasteiger charge is 2.50. The fourth-order valence-corrected chi connectivity index (χ4v) is 5.58. The molecule has 4 saturated carbocycles.